The van der Waals surface area contributed by atoms with Crippen molar-refractivity contribution in [1.82, 2.24) is 9.80 Å². The standard InChI is InChI=1S/C17H17FN2O3/c18-14-6-2-1-5-13(14)16(21)19-8-4-9-20(11-10-19)17(22)15-7-3-12-23-15/h1-3,5-7,12H,4,8-11H2. The molecule has 120 valence electrons. The highest BCUT2D eigenvalue weighted by molar-refractivity contribution is 5.95. The van der Waals surface area contributed by atoms with E-state index in [1.54, 1.807) is 34.1 Å². The number of halogens is 1. The second kappa shape index (κ2) is 6.64. The summed E-state index contributed by atoms with van der Waals surface area (Å²) in [7, 11) is 0. The lowest BCUT2D eigenvalue weighted by atomic mass is 10.2. The maximum Gasteiger partial charge on any atom is 0.289 e. The van der Waals surface area contributed by atoms with E-state index in [2.05, 4.69) is 0 Å². The quantitative estimate of drug-likeness (QED) is 0.855. The Labute approximate surface area is 133 Å². The minimum absolute atomic E-state index is 0.0679. The van der Waals surface area contributed by atoms with Crippen LogP contribution in [0, 0.1) is 5.82 Å². The first-order valence-electron chi connectivity index (χ1n) is 7.53. The van der Waals surface area contributed by atoms with Crippen molar-refractivity contribution in [3.63, 3.8) is 0 Å². The number of amides is 2. The predicted octanol–water partition coefficient (Wildman–Crippen LogP) is 2.41. The van der Waals surface area contributed by atoms with E-state index in [0.717, 1.165) is 0 Å². The first kappa shape index (κ1) is 15.3. The summed E-state index contributed by atoms with van der Waals surface area (Å²) in [6, 6.07) is 9.24. The summed E-state index contributed by atoms with van der Waals surface area (Å²) < 4.78 is 18.9. The van der Waals surface area contributed by atoms with Crippen LogP contribution in [0.2, 0.25) is 0 Å². The van der Waals surface area contributed by atoms with E-state index >= 15 is 0 Å². The van der Waals surface area contributed by atoms with Gasteiger partial charge in [-0.3, -0.25) is 9.59 Å². The summed E-state index contributed by atoms with van der Waals surface area (Å²) in [4.78, 5) is 28.0. The fourth-order valence-corrected chi connectivity index (χ4v) is 2.68. The Bertz CT molecular complexity index is 700. The zero-order chi connectivity index (χ0) is 16.2. The van der Waals surface area contributed by atoms with Crippen LogP contribution < -0.4 is 0 Å². The van der Waals surface area contributed by atoms with Crippen molar-refractivity contribution in [3.05, 3.63) is 59.8 Å². The van der Waals surface area contributed by atoms with Crippen LogP contribution in [0.25, 0.3) is 0 Å². The van der Waals surface area contributed by atoms with Crippen LogP contribution in [0.1, 0.15) is 27.3 Å². The molecule has 2 amide bonds. The van der Waals surface area contributed by atoms with Gasteiger partial charge in [-0.05, 0) is 30.7 Å². The first-order chi connectivity index (χ1) is 11.2. The minimum atomic E-state index is -0.523. The molecule has 0 aliphatic carbocycles. The molecule has 1 aliphatic rings. The maximum atomic E-state index is 13.8. The van der Waals surface area contributed by atoms with Gasteiger partial charge < -0.3 is 14.2 Å². The summed E-state index contributed by atoms with van der Waals surface area (Å²) in [6.45, 7) is 1.81. The molecule has 0 unspecified atom stereocenters. The Kier molecular flexibility index (Phi) is 4.41. The second-order valence-electron chi connectivity index (χ2n) is 5.40. The van der Waals surface area contributed by atoms with E-state index in [9.17, 15) is 14.0 Å². The molecule has 0 spiro atoms. The third-order valence-electron chi connectivity index (χ3n) is 3.91. The summed E-state index contributed by atoms with van der Waals surface area (Å²) >= 11 is 0. The molecule has 1 aromatic carbocycles. The Morgan fingerprint density at radius 1 is 0.913 bits per heavy atom. The molecule has 23 heavy (non-hydrogen) atoms. The van der Waals surface area contributed by atoms with Crippen molar-refractivity contribution >= 4 is 11.8 Å². The molecular weight excluding hydrogens is 299 g/mol. The van der Waals surface area contributed by atoms with Gasteiger partial charge >= 0.3 is 0 Å². The van der Waals surface area contributed by atoms with Crippen LogP contribution >= 0.6 is 0 Å². The zero-order valence-corrected chi connectivity index (χ0v) is 12.6. The van der Waals surface area contributed by atoms with E-state index in [-0.39, 0.29) is 17.4 Å². The van der Waals surface area contributed by atoms with E-state index in [4.69, 9.17) is 4.42 Å². The highest BCUT2D eigenvalue weighted by atomic mass is 19.1. The molecule has 0 N–H and O–H groups in total. The molecule has 0 bridgehead atoms. The predicted molar refractivity (Wildman–Crippen MR) is 81.5 cm³/mol. The van der Waals surface area contributed by atoms with Gasteiger partial charge in [-0.25, -0.2) is 4.39 Å². The molecule has 1 saturated heterocycles. The third kappa shape index (κ3) is 3.26. The lowest BCUT2D eigenvalue weighted by Gasteiger charge is -2.21. The lowest BCUT2D eigenvalue weighted by Crippen LogP contribution is -2.37. The molecule has 0 radical (unpaired) electrons. The Balaban J connectivity index is 1.68. The smallest absolute Gasteiger partial charge is 0.289 e. The van der Waals surface area contributed by atoms with Gasteiger partial charge in [0.25, 0.3) is 11.8 Å². The number of nitrogens with zero attached hydrogens (tertiary/aromatic N) is 2. The SMILES string of the molecule is O=C(c1ccco1)N1CCCN(C(=O)c2ccccc2F)CC1. The van der Waals surface area contributed by atoms with Gasteiger partial charge in [0, 0.05) is 26.2 Å². The van der Waals surface area contributed by atoms with Gasteiger partial charge in [-0.2, -0.15) is 0 Å². The summed E-state index contributed by atoms with van der Waals surface area (Å²) in [6.07, 6.45) is 2.10. The molecule has 2 aromatic rings. The molecule has 1 fully saturated rings. The third-order valence-corrected chi connectivity index (χ3v) is 3.91. The normalized spacial score (nSPS) is 15.3. The molecule has 6 heteroatoms. The first-order valence-corrected chi connectivity index (χ1v) is 7.53. The fourth-order valence-electron chi connectivity index (χ4n) is 2.68. The number of carbonyl (C=O) groups is 2. The average molecular weight is 316 g/mol. The van der Waals surface area contributed by atoms with E-state index in [1.165, 1.54) is 18.4 Å². The molecule has 1 aromatic heterocycles. The number of carbonyl (C=O) groups excluding carboxylic acids is 2. The summed E-state index contributed by atoms with van der Waals surface area (Å²) in [5.41, 5.74) is 0.0679. The van der Waals surface area contributed by atoms with Crippen molar-refractivity contribution in [2.24, 2.45) is 0 Å². The number of hydrogen-bond acceptors (Lipinski definition) is 3. The van der Waals surface area contributed by atoms with Gasteiger partial charge in [0.15, 0.2) is 5.76 Å². The second-order valence-corrected chi connectivity index (χ2v) is 5.40. The topological polar surface area (TPSA) is 53.8 Å². The van der Waals surface area contributed by atoms with Gasteiger partial charge in [-0.15, -0.1) is 0 Å². The van der Waals surface area contributed by atoms with Crippen molar-refractivity contribution < 1.29 is 18.4 Å². The monoisotopic (exact) mass is 316 g/mol. The van der Waals surface area contributed by atoms with Crippen molar-refractivity contribution in [2.75, 3.05) is 26.2 Å². The molecule has 0 saturated carbocycles. The van der Waals surface area contributed by atoms with E-state index in [0.29, 0.717) is 38.4 Å². The van der Waals surface area contributed by atoms with Gasteiger partial charge in [0.2, 0.25) is 0 Å². The van der Waals surface area contributed by atoms with Gasteiger partial charge in [-0.1, -0.05) is 12.1 Å². The highest BCUT2D eigenvalue weighted by Crippen LogP contribution is 2.14. The Morgan fingerprint density at radius 2 is 1.61 bits per heavy atom. The molecule has 3 rings (SSSR count). The van der Waals surface area contributed by atoms with Crippen molar-refractivity contribution in [2.45, 2.75) is 6.42 Å². The van der Waals surface area contributed by atoms with Crippen LogP contribution in [0.15, 0.2) is 47.1 Å². The largest absolute Gasteiger partial charge is 0.459 e. The average Bonchev–Trinajstić information content (AvgIpc) is 2.98. The number of furan rings is 1. The molecular formula is C17H17FN2O3. The lowest BCUT2D eigenvalue weighted by molar-refractivity contribution is 0.0698. The van der Waals surface area contributed by atoms with E-state index in [1.807, 2.05) is 0 Å². The van der Waals surface area contributed by atoms with Crippen LogP contribution in [-0.4, -0.2) is 47.8 Å². The van der Waals surface area contributed by atoms with Crippen LogP contribution in [0.5, 0.6) is 0 Å². The zero-order valence-electron chi connectivity index (χ0n) is 12.6. The highest BCUT2D eigenvalue weighted by Gasteiger charge is 2.25. The molecule has 2 heterocycles. The van der Waals surface area contributed by atoms with Gasteiger partial charge in [0.1, 0.15) is 5.82 Å². The summed E-state index contributed by atoms with van der Waals surface area (Å²) in [5.74, 6) is -0.755. The van der Waals surface area contributed by atoms with Crippen LogP contribution in [0.4, 0.5) is 4.39 Å². The number of hydrogen-bond donors (Lipinski definition) is 0. The molecule has 1 aliphatic heterocycles. The minimum Gasteiger partial charge on any atom is -0.459 e. The Morgan fingerprint density at radius 3 is 2.26 bits per heavy atom. The number of benzene rings is 1. The Hall–Kier alpha value is -2.63. The van der Waals surface area contributed by atoms with E-state index < -0.39 is 5.82 Å². The fraction of sp³-hybridized carbons (Fsp3) is 0.294. The van der Waals surface area contributed by atoms with Gasteiger partial charge in [0.05, 0.1) is 11.8 Å². The molecule has 5 nitrogen and oxygen atoms in total. The number of rotatable bonds is 2. The molecule has 0 atom stereocenters. The van der Waals surface area contributed by atoms with Crippen LogP contribution in [-0.2, 0) is 0 Å². The van der Waals surface area contributed by atoms with Crippen LogP contribution in [0.3, 0.4) is 0 Å². The van der Waals surface area contributed by atoms with Crippen molar-refractivity contribution in [3.8, 4) is 0 Å². The maximum absolute atomic E-state index is 13.8. The van der Waals surface area contributed by atoms with Crippen molar-refractivity contribution in [1.29, 1.82) is 0 Å². The summed E-state index contributed by atoms with van der Waals surface area (Å²) in [5, 5.41) is 0.